The van der Waals surface area contributed by atoms with E-state index in [9.17, 15) is 4.79 Å². The van der Waals surface area contributed by atoms with Gasteiger partial charge in [0.1, 0.15) is 6.10 Å². The van der Waals surface area contributed by atoms with Gasteiger partial charge in [0.2, 0.25) is 0 Å². The number of thiophene rings is 1. The highest BCUT2D eigenvalue weighted by atomic mass is 32.1. The van der Waals surface area contributed by atoms with Crippen LogP contribution in [0.4, 0.5) is 5.69 Å². The van der Waals surface area contributed by atoms with Gasteiger partial charge in [-0.1, -0.05) is 31.2 Å². The number of methoxy groups -OCH3 is 1. The van der Waals surface area contributed by atoms with Gasteiger partial charge in [0.15, 0.2) is 0 Å². The maximum Gasteiger partial charge on any atom is 0.256 e. The molecule has 2 heterocycles. The largest absolute Gasteiger partial charge is 0.372 e. The van der Waals surface area contributed by atoms with Crippen LogP contribution in [-0.2, 0) is 16.0 Å². The van der Waals surface area contributed by atoms with E-state index in [1.165, 1.54) is 4.88 Å². The number of para-hydroxylation sites is 1. The summed E-state index contributed by atoms with van der Waals surface area (Å²) in [5.74, 6) is 0.461. The third-order valence-electron chi connectivity index (χ3n) is 5.50. The van der Waals surface area contributed by atoms with Gasteiger partial charge in [0.05, 0.1) is 0 Å². The van der Waals surface area contributed by atoms with Crippen molar-refractivity contribution in [3.8, 4) is 0 Å². The first-order valence-electron chi connectivity index (χ1n) is 9.75. The number of anilines is 1. The van der Waals surface area contributed by atoms with Crippen LogP contribution in [0, 0.1) is 5.92 Å². The number of carbonyl (C=O) groups excluding carboxylic acids is 1. The second-order valence-electron chi connectivity index (χ2n) is 7.38. The third kappa shape index (κ3) is 4.98. The van der Waals surface area contributed by atoms with Crippen molar-refractivity contribution in [3.05, 3.63) is 52.7 Å². The molecule has 5 heteroatoms. The fourth-order valence-corrected chi connectivity index (χ4v) is 4.60. The van der Waals surface area contributed by atoms with Crippen LogP contribution in [0.5, 0.6) is 0 Å². The minimum absolute atomic E-state index is 0.0487. The van der Waals surface area contributed by atoms with E-state index in [4.69, 9.17) is 4.74 Å². The van der Waals surface area contributed by atoms with Gasteiger partial charge in [-0.3, -0.25) is 4.79 Å². The Hall–Kier alpha value is -1.69. The molecule has 2 aromatic rings. The minimum Gasteiger partial charge on any atom is -0.372 e. The number of ether oxygens (including phenoxy) is 1. The van der Waals surface area contributed by atoms with Crippen molar-refractivity contribution in [1.82, 2.24) is 4.90 Å². The zero-order valence-electron chi connectivity index (χ0n) is 16.5. The van der Waals surface area contributed by atoms with Crippen molar-refractivity contribution in [2.75, 3.05) is 31.6 Å². The van der Waals surface area contributed by atoms with Gasteiger partial charge in [0, 0.05) is 43.4 Å². The van der Waals surface area contributed by atoms with E-state index in [2.05, 4.69) is 29.3 Å². The van der Waals surface area contributed by atoms with E-state index < -0.39 is 6.10 Å². The van der Waals surface area contributed by atoms with E-state index >= 15 is 0 Å². The van der Waals surface area contributed by atoms with E-state index in [1.807, 2.05) is 53.5 Å². The highest BCUT2D eigenvalue weighted by molar-refractivity contribution is 7.09. The molecule has 1 aromatic carbocycles. The predicted molar refractivity (Wildman–Crippen MR) is 112 cm³/mol. The molecule has 27 heavy (non-hydrogen) atoms. The highest BCUT2D eigenvalue weighted by Gasteiger charge is 2.35. The fraction of sp³-hybridized carbons (Fsp3) is 0.500. The van der Waals surface area contributed by atoms with Crippen molar-refractivity contribution in [2.45, 2.75) is 38.8 Å². The lowest BCUT2D eigenvalue weighted by Crippen LogP contribution is -2.54. The molecule has 0 saturated carbocycles. The molecule has 146 valence electrons. The average Bonchev–Trinajstić information content (AvgIpc) is 3.22. The third-order valence-corrected chi connectivity index (χ3v) is 6.44. The summed E-state index contributed by atoms with van der Waals surface area (Å²) in [6.45, 7) is 7.24. The Kier molecular flexibility index (Phi) is 7.05. The van der Waals surface area contributed by atoms with Crippen LogP contribution in [-0.4, -0.2) is 49.7 Å². The first kappa shape index (κ1) is 20.1. The topological polar surface area (TPSA) is 32.8 Å². The number of benzene rings is 1. The Morgan fingerprint density at radius 1 is 1.30 bits per heavy atom. The SMILES string of the molecule is COC(C)C(=O)N(c1ccccc1)[C@H]1CCN(CCc2cccs2)C[C@H]1C. The summed E-state index contributed by atoms with van der Waals surface area (Å²) < 4.78 is 5.34. The Morgan fingerprint density at radius 3 is 2.70 bits per heavy atom. The molecule has 0 aliphatic carbocycles. The van der Waals surface area contributed by atoms with Crippen LogP contribution in [0.3, 0.4) is 0 Å². The summed E-state index contributed by atoms with van der Waals surface area (Å²) in [5, 5.41) is 2.14. The van der Waals surface area contributed by atoms with Gasteiger partial charge in [-0.25, -0.2) is 0 Å². The number of rotatable bonds is 7. The molecule has 1 fully saturated rings. The van der Waals surface area contributed by atoms with Gasteiger partial charge in [-0.05, 0) is 49.3 Å². The number of nitrogens with zero attached hydrogens (tertiary/aromatic N) is 2. The van der Waals surface area contributed by atoms with Crippen LogP contribution >= 0.6 is 11.3 Å². The van der Waals surface area contributed by atoms with Gasteiger partial charge in [-0.2, -0.15) is 0 Å². The van der Waals surface area contributed by atoms with E-state index in [1.54, 1.807) is 7.11 Å². The monoisotopic (exact) mass is 386 g/mol. The summed E-state index contributed by atoms with van der Waals surface area (Å²) in [6.07, 6.45) is 1.66. The lowest BCUT2D eigenvalue weighted by molar-refractivity contribution is -0.128. The number of piperidine rings is 1. The van der Waals surface area contributed by atoms with Gasteiger partial charge in [-0.15, -0.1) is 11.3 Å². The molecule has 0 bridgehead atoms. The van der Waals surface area contributed by atoms with Gasteiger partial charge < -0.3 is 14.5 Å². The molecule has 1 amide bonds. The minimum atomic E-state index is -0.436. The van der Waals surface area contributed by atoms with Crippen LogP contribution in [0.15, 0.2) is 47.8 Å². The van der Waals surface area contributed by atoms with Crippen molar-refractivity contribution in [1.29, 1.82) is 0 Å². The van der Waals surface area contributed by atoms with Crippen LogP contribution in [0.1, 0.15) is 25.1 Å². The average molecular weight is 387 g/mol. The first-order valence-corrected chi connectivity index (χ1v) is 10.6. The molecule has 1 aliphatic heterocycles. The zero-order valence-corrected chi connectivity index (χ0v) is 17.3. The molecule has 1 unspecified atom stereocenters. The van der Waals surface area contributed by atoms with Crippen molar-refractivity contribution in [3.63, 3.8) is 0 Å². The van der Waals surface area contributed by atoms with Crippen LogP contribution in [0.25, 0.3) is 0 Å². The van der Waals surface area contributed by atoms with Crippen molar-refractivity contribution in [2.24, 2.45) is 5.92 Å². The maximum atomic E-state index is 13.1. The maximum absolute atomic E-state index is 13.1. The van der Waals surface area contributed by atoms with Crippen molar-refractivity contribution >= 4 is 22.9 Å². The molecule has 1 saturated heterocycles. The molecule has 1 aromatic heterocycles. The van der Waals surface area contributed by atoms with Gasteiger partial charge >= 0.3 is 0 Å². The quantitative estimate of drug-likeness (QED) is 0.719. The highest BCUT2D eigenvalue weighted by Crippen LogP contribution is 2.28. The van der Waals surface area contributed by atoms with Crippen molar-refractivity contribution < 1.29 is 9.53 Å². The van der Waals surface area contributed by atoms with Gasteiger partial charge in [0.25, 0.3) is 5.91 Å². The summed E-state index contributed by atoms with van der Waals surface area (Å²) >= 11 is 1.83. The Bertz CT molecular complexity index is 704. The first-order chi connectivity index (χ1) is 13.1. The standard InChI is InChI=1S/C22H30N2O2S/c1-17-16-23(13-11-20-10-7-15-27-20)14-12-21(17)24(22(25)18(2)26-3)19-8-5-4-6-9-19/h4-10,15,17-18,21H,11-14,16H2,1-3H3/t17-,18?,21+/m1/s1. The molecule has 4 nitrogen and oxygen atoms in total. The summed E-state index contributed by atoms with van der Waals surface area (Å²) in [6, 6.07) is 14.6. The van der Waals surface area contributed by atoms with Crippen LogP contribution in [0.2, 0.25) is 0 Å². The lowest BCUT2D eigenvalue weighted by Gasteiger charge is -2.43. The second kappa shape index (κ2) is 9.49. The number of hydrogen-bond donors (Lipinski definition) is 0. The Labute approximate surface area is 166 Å². The summed E-state index contributed by atoms with van der Waals surface area (Å²) in [5.41, 5.74) is 0.968. The van der Waals surface area contributed by atoms with Crippen LogP contribution < -0.4 is 4.90 Å². The molecule has 0 N–H and O–H groups in total. The number of hydrogen-bond acceptors (Lipinski definition) is 4. The molecular formula is C22H30N2O2S. The summed E-state index contributed by atoms with van der Waals surface area (Å²) in [7, 11) is 1.60. The van der Waals surface area contributed by atoms with E-state index in [0.717, 1.165) is 38.2 Å². The molecule has 0 radical (unpaired) electrons. The number of amides is 1. The molecule has 1 aliphatic rings. The number of likely N-dealkylation sites (tertiary alicyclic amines) is 1. The number of carbonyl (C=O) groups is 1. The van der Waals surface area contributed by atoms with E-state index in [0.29, 0.717) is 5.92 Å². The lowest BCUT2D eigenvalue weighted by atomic mass is 9.91. The molecule has 0 spiro atoms. The fourth-order valence-electron chi connectivity index (χ4n) is 3.90. The Balaban J connectivity index is 1.69. The normalized spacial score (nSPS) is 21.7. The molecule has 3 rings (SSSR count). The second-order valence-corrected chi connectivity index (χ2v) is 8.42. The smallest absolute Gasteiger partial charge is 0.256 e. The summed E-state index contributed by atoms with van der Waals surface area (Å²) in [4.78, 5) is 19.0. The zero-order chi connectivity index (χ0) is 19.2. The molecule has 3 atom stereocenters. The Morgan fingerprint density at radius 2 is 2.07 bits per heavy atom. The van der Waals surface area contributed by atoms with E-state index in [-0.39, 0.29) is 11.9 Å². The predicted octanol–water partition coefficient (Wildman–Crippen LogP) is 4.07. The molecular weight excluding hydrogens is 356 g/mol.